The molecule has 28 heavy (non-hydrogen) atoms. The molecule has 0 saturated carbocycles. The fraction of sp³-hybridized carbons (Fsp3) is 0.440. The number of benzene rings is 1. The normalized spacial score (nSPS) is 26.5. The van der Waals surface area contributed by atoms with Gasteiger partial charge in [0.2, 0.25) is 0 Å². The van der Waals surface area contributed by atoms with Crippen molar-refractivity contribution >= 4 is 0 Å². The first-order valence-corrected chi connectivity index (χ1v) is 11.8. The maximum Gasteiger partial charge on any atom is -1.00 e. The minimum atomic E-state index is -0.146. The summed E-state index contributed by atoms with van der Waals surface area (Å²) in [6.45, 7) is 11.9. The van der Waals surface area contributed by atoms with Gasteiger partial charge in [-0.15, -0.1) is 0 Å². The second-order valence-corrected chi connectivity index (χ2v) is 10.6. The summed E-state index contributed by atoms with van der Waals surface area (Å²) in [5, 5.41) is 0. The fourth-order valence-corrected chi connectivity index (χ4v) is 8.20. The molecule has 0 bridgehead atoms. The average molecular weight is 449 g/mol. The van der Waals surface area contributed by atoms with E-state index in [1.165, 1.54) is 24.8 Å². The van der Waals surface area contributed by atoms with Gasteiger partial charge < -0.3 is 24.8 Å². The molecule has 0 spiro atoms. The first kappa shape index (κ1) is 23.8. The number of rotatable bonds is 3. The van der Waals surface area contributed by atoms with Crippen molar-refractivity contribution in [1.29, 1.82) is 0 Å². The zero-order chi connectivity index (χ0) is 18.4. The van der Waals surface area contributed by atoms with Gasteiger partial charge in [0.05, 0.1) is 0 Å². The third kappa shape index (κ3) is 4.04. The Hall–Kier alpha value is -0.526. The van der Waals surface area contributed by atoms with Gasteiger partial charge in [0.1, 0.15) is 0 Å². The molecule has 0 N–H and O–H groups in total. The van der Waals surface area contributed by atoms with Gasteiger partial charge in [-0.05, 0) is 0 Å². The maximum atomic E-state index is 2.57. The third-order valence-electron chi connectivity index (χ3n) is 7.01. The maximum absolute atomic E-state index is 2.57. The largest absolute Gasteiger partial charge is 1.00 e. The van der Waals surface area contributed by atoms with Crippen molar-refractivity contribution in [3.63, 3.8) is 0 Å². The van der Waals surface area contributed by atoms with Crippen molar-refractivity contribution in [3.8, 4) is 0 Å². The molecule has 0 aromatic heterocycles. The number of allylic oxidation sites excluding steroid dienone is 8. The van der Waals surface area contributed by atoms with E-state index in [-0.39, 0.29) is 44.0 Å². The first-order chi connectivity index (χ1) is 12.5. The zero-order valence-corrected chi connectivity index (χ0v) is 20.6. The van der Waals surface area contributed by atoms with Crippen LogP contribution in [-0.4, -0.2) is 0 Å². The summed E-state index contributed by atoms with van der Waals surface area (Å²) >= 11 is -0.146. The molecule has 148 valence electrons. The summed E-state index contributed by atoms with van der Waals surface area (Å²) in [5.74, 6) is 1.31. The van der Waals surface area contributed by atoms with Crippen molar-refractivity contribution in [2.75, 3.05) is 0 Å². The molecule has 0 radical (unpaired) electrons. The number of halogens is 2. The van der Waals surface area contributed by atoms with Gasteiger partial charge >= 0.3 is 168 Å². The Morgan fingerprint density at radius 1 is 0.929 bits per heavy atom. The van der Waals surface area contributed by atoms with Crippen LogP contribution in [0.4, 0.5) is 0 Å². The molecule has 0 aliphatic heterocycles. The van der Waals surface area contributed by atoms with E-state index in [1.54, 1.807) is 33.4 Å². The Morgan fingerprint density at radius 3 is 2.21 bits per heavy atom. The van der Waals surface area contributed by atoms with Crippen LogP contribution in [-0.2, 0) is 19.2 Å². The predicted molar refractivity (Wildman–Crippen MR) is 108 cm³/mol. The molecule has 3 unspecified atom stereocenters. The van der Waals surface area contributed by atoms with E-state index in [9.17, 15) is 0 Å². The second kappa shape index (κ2) is 9.52. The van der Waals surface area contributed by atoms with Gasteiger partial charge in [-0.2, -0.15) is 0 Å². The molecule has 3 aliphatic carbocycles. The van der Waals surface area contributed by atoms with Gasteiger partial charge in [0.25, 0.3) is 0 Å². The van der Waals surface area contributed by atoms with Crippen LogP contribution in [0.5, 0.6) is 0 Å². The molecular formula is C25H30Cl2Ti. The van der Waals surface area contributed by atoms with Gasteiger partial charge in [0, 0.05) is 0 Å². The van der Waals surface area contributed by atoms with Crippen LogP contribution in [0.15, 0.2) is 73.7 Å². The summed E-state index contributed by atoms with van der Waals surface area (Å²) in [7, 11) is 0. The van der Waals surface area contributed by atoms with Crippen molar-refractivity contribution in [2.45, 2.75) is 64.0 Å². The second-order valence-electron chi connectivity index (χ2n) is 8.37. The molecule has 3 aliphatic rings. The summed E-state index contributed by atoms with van der Waals surface area (Å²) < 4.78 is 2.58. The van der Waals surface area contributed by atoms with E-state index < -0.39 is 0 Å². The van der Waals surface area contributed by atoms with Crippen molar-refractivity contribution in [2.24, 2.45) is 5.92 Å². The Bertz CT molecular complexity index is 858. The fourth-order valence-electron chi connectivity index (χ4n) is 5.11. The molecule has 1 aromatic carbocycles. The van der Waals surface area contributed by atoms with Gasteiger partial charge in [-0.1, -0.05) is 0 Å². The van der Waals surface area contributed by atoms with E-state index >= 15 is 0 Å². The predicted octanol–water partition coefficient (Wildman–Crippen LogP) is 1.35. The molecule has 0 saturated heterocycles. The first-order valence-electron chi connectivity index (χ1n) is 10.1. The third-order valence-corrected chi connectivity index (χ3v) is 10.5. The van der Waals surface area contributed by atoms with Gasteiger partial charge in [-0.3, -0.25) is 0 Å². The van der Waals surface area contributed by atoms with Crippen LogP contribution >= 0.6 is 0 Å². The molecule has 3 atom stereocenters. The van der Waals surface area contributed by atoms with Crippen LogP contribution in [0.3, 0.4) is 0 Å². The molecule has 1 aromatic rings. The molecule has 4 rings (SSSR count). The summed E-state index contributed by atoms with van der Waals surface area (Å²) in [6.07, 6.45) is 6.57. The van der Waals surface area contributed by atoms with Gasteiger partial charge in [-0.25, -0.2) is 0 Å². The minimum absolute atomic E-state index is 0. The minimum Gasteiger partial charge on any atom is -1.00 e. The molecule has 3 heteroatoms. The molecule has 0 nitrogen and oxygen atoms in total. The van der Waals surface area contributed by atoms with Gasteiger partial charge in [0.15, 0.2) is 0 Å². The summed E-state index contributed by atoms with van der Waals surface area (Å²) in [5.41, 5.74) is 11.4. The van der Waals surface area contributed by atoms with Crippen molar-refractivity contribution in [1.82, 2.24) is 0 Å². The van der Waals surface area contributed by atoms with Crippen LogP contribution in [0.2, 0.25) is 4.22 Å². The number of hydrogen-bond donors (Lipinski definition) is 0. The van der Waals surface area contributed by atoms with E-state index in [2.05, 4.69) is 71.0 Å². The van der Waals surface area contributed by atoms with Crippen LogP contribution in [0, 0.1) is 5.92 Å². The van der Waals surface area contributed by atoms with Crippen LogP contribution in [0.1, 0.15) is 65.4 Å². The topological polar surface area (TPSA) is 0 Å². The van der Waals surface area contributed by atoms with E-state index in [1.807, 2.05) is 3.88 Å². The van der Waals surface area contributed by atoms with Crippen LogP contribution < -0.4 is 24.8 Å². The SMILES string of the molecule is CC1=CC2=C(CCCC2c2ccccc2)[CH]1[Ti+2][C]1=C(C)C(C)=C(C)C1C.[Cl-].[Cl-]. The molecule has 0 heterocycles. The number of hydrogen-bond acceptors (Lipinski definition) is 0. The van der Waals surface area contributed by atoms with Crippen molar-refractivity contribution < 1.29 is 44.0 Å². The Balaban J connectivity index is 0.00000140. The van der Waals surface area contributed by atoms with Crippen molar-refractivity contribution in [3.05, 3.63) is 79.3 Å². The zero-order valence-electron chi connectivity index (χ0n) is 17.6. The summed E-state index contributed by atoms with van der Waals surface area (Å²) in [6, 6.07) is 11.2. The summed E-state index contributed by atoms with van der Waals surface area (Å²) in [4.78, 5) is 0. The molecular weight excluding hydrogens is 419 g/mol. The van der Waals surface area contributed by atoms with E-state index in [4.69, 9.17) is 0 Å². The average Bonchev–Trinajstić information content (AvgIpc) is 3.07. The molecule has 0 fully saturated rings. The smallest absolute Gasteiger partial charge is 1.00 e. The Morgan fingerprint density at radius 2 is 1.61 bits per heavy atom. The Kier molecular flexibility index (Phi) is 8.08. The quantitative estimate of drug-likeness (QED) is 0.612. The van der Waals surface area contributed by atoms with Crippen LogP contribution in [0.25, 0.3) is 0 Å². The standard InChI is InChI=1S/C16H17.C9H13.2ClH.Ti/c1-12-10-14-8-5-9-15(16(14)11-12)13-6-3-2-4-7-13;1-6-5-7(2)9(4)8(6)3;;;/h2-4,6-7,10-11,15H,5,8-9H2,1H3;6H,1-4H3;2*1H;/q;;;;+2/p-2. The molecule has 0 amide bonds. The Labute approximate surface area is 192 Å². The monoisotopic (exact) mass is 448 g/mol. The van der Waals surface area contributed by atoms with E-state index in [0.29, 0.717) is 11.8 Å². The van der Waals surface area contributed by atoms with E-state index in [0.717, 1.165) is 4.22 Å².